The van der Waals surface area contributed by atoms with E-state index in [1.54, 1.807) is 4.90 Å². The van der Waals surface area contributed by atoms with Gasteiger partial charge >= 0.3 is 6.03 Å². The third-order valence-corrected chi connectivity index (χ3v) is 2.68. The quantitative estimate of drug-likeness (QED) is 0.844. The predicted octanol–water partition coefficient (Wildman–Crippen LogP) is 2.80. The maximum Gasteiger partial charge on any atom is 0.321 e. The topological polar surface area (TPSA) is 58.4 Å². The first-order valence-electron chi connectivity index (χ1n) is 6.65. The summed E-state index contributed by atoms with van der Waals surface area (Å²) in [4.78, 5) is 13.7. The predicted molar refractivity (Wildman–Crippen MR) is 75.5 cm³/mol. The minimum atomic E-state index is -0.790. The van der Waals surface area contributed by atoms with Gasteiger partial charge in [-0.2, -0.15) is 0 Å². The molecule has 20 heavy (non-hydrogen) atoms. The lowest BCUT2D eigenvalue weighted by molar-refractivity contribution is 0.204. The Morgan fingerprint density at radius 2 is 2.10 bits per heavy atom. The second kappa shape index (κ2) is 7.79. The molecule has 1 aromatic rings. The molecular formula is C14H21F2N3O. The Balaban J connectivity index is 2.73. The van der Waals surface area contributed by atoms with Crippen LogP contribution in [0, 0.1) is 17.6 Å². The van der Waals surface area contributed by atoms with Gasteiger partial charge in [0.05, 0.1) is 5.69 Å². The van der Waals surface area contributed by atoms with Crippen molar-refractivity contribution in [2.45, 2.75) is 20.3 Å². The molecule has 1 rings (SSSR count). The molecule has 1 aromatic carbocycles. The number of anilines is 1. The van der Waals surface area contributed by atoms with E-state index in [9.17, 15) is 13.6 Å². The van der Waals surface area contributed by atoms with Gasteiger partial charge in [0.1, 0.15) is 11.6 Å². The average Bonchev–Trinajstić information content (AvgIpc) is 2.37. The molecule has 2 amide bonds. The second-order valence-electron chi connectivity index (χ2n) is 5.04. The van der Waals surface area contributed by atoms with Gasteiger partial charge in [0, 0.05) is 19.2 Å². The van der Waals surface area contributed by atoms with Gasteiger partial charge in [-0.1, -0.05) is 13.8 Å². The van der Waals surface area contributed by atoms with Gasteiger partial charge in [-0.05, 0) is 31.0 Å². The molecule has 112 valence electrons. The molecule has 3 N–H and O–H groups in total. The lowest BCUT2D eigenvalue weighted by atomic mass is 10.2. The highest BCUT2D eigenvalue weighted by Gasteiger charge is 2.16. The van der Waals surface area contributed by atoms with Gasteiger partial charge in [-0.25, -0.2) is 13.6 Å². The third-order valence-electron chi connectivity index (χ3n) is 2.68. The summed E-state index contributed by atoms with van der Waals surface area (Å²) in [5, 5.41) is 2.46. The van der Waals surface area contributed by atoms with Gasteiger partial charge in [-0.3, -0.25) is 0 Å². The number of hydrogen-bond donors (Lipinski definition) is 2. The summed E-state index contributed by atoms with van der Waals surface area (Å²) in [5.74, 6) is -1.18. The zero-order chi connectivity index (χ0) is 15.1. The number of carbonyl (C=O) groups is 1. The van der Waals surface area contributed by atoms with E-state index >= 15 is 0 Å². The molecule has 0 spiro atoms. The number of halogens is 2. The van der Waals surface area contributed by atoms with Crippen molar-refractivity contribution in [1.82, 2.24) is 4.90 Å². The van der Waals surface area contributed by atoms with E-state index in [0.29, 0.717) is 26.1 Å². The van der Waals surface area contributed by atoms with E-state index in [4.69, 9.17) is 5.73 Å². The smallest absolute Gasteiger partial charge is 0.321 e. The lowest BCUT2D eigenvalue weighted by Gasteiger charge is -2.24. The second-order valence-corrected chi connectivity index (χ2v) is 5.04. The molecule has 0 bridgehead atoms. The van der Waals surface area contributed by atoms with Crippen molar-refractivity contribution in [2.24, 2.45) is 11.7 Å². The Morgan fingerprint density at radius 3 is 2.65 bits per heavy atom. The molecule has 0 atom stereocenters. The van der Waals surface area contributed by atoms with Crippen LogP contribution in [0.5, 0.6) is 0 Å². The van der Waals surface area contributed by atoms with Gasteiger partial charge in [0.25, 0.3) is 0 Å². The number of nitrogens with one attached hydrogen (secondary N) is 1. The Hall–Kier alpha value is -1.69. The summed E-state index contributed by atoms with van der Waals surface area (Å²) in [6.07, 6.45) is 0.673. The van der Waals surface area contributed by atoms with E-state index in [-0.39, 0.29) is 11.6 Å². The maximum absolute atomic E-state index is 13.5. The first-order valence-corrected chi connectivity index (χ1v) is 6.65. The highest BCUT2D eigenvalue weighted by molar-refractivity contribution is 5.89. The molecule has 4 nitrogen and oxygen atoms in total. The van der Waals surface area contributed by atoms with Gasteiger partial charge in [0.2, 0.25) is 0 Å². The lowest BCUT2D eigenvalue weighted by Crippen LogP contribution is -2.39. The van der Waals surface area contributed by atoms with Crippen LogP contribution in [-0.2, 0) is 0 Å². The fourth-order valence-corrected chi connectivity index (χ4v) is 1.78. The molecular weight excluding hydrogens is 264 g/mol. The number of rotatable bonds is 6. The van der Waals surface area contributed by atoms with Crippen molar-refractivity contribution in [2.75, 3.05) is 25.0 Å². The summed E-state index contributed by atoms with van der Waals surface area (Å²) >= 11 is 0. The van der Waals surface area contributed by atoms with Crippen LogP contribution >= 0.6 is 0 Å². The fourth-order valence-electron chi connectivity index (χ4n) is 1.78. The number of nitrogens with two attached hydrogens (primary N) is 1. The van der Waals surface area contributed by atoms with Crippen LogP contribution in [0.25, 0.3) is 0 Å². The third kappa shape index (κ3) is 5.13. The van der Waals surface area contributed by atoms with Crippen LogP contribution in [0.4, 0.5) is 19.3 Å². The highest BCUT2D eigenvalue weighted by Crippen LogP contribution is 2.16. The molecule has 0 aromatic heterocycles. The Labute approximate surface area is 117 Å². The highest BCUT2D eigenvalue weighted by atomic mass is 19.1. The Kier molecular flexibility index (Phi) is 6.38. The molecule has 0 fully saturated rings. The Bertz CT molecular complexity index is 452. The van der Waals surface area contributed by atoms with Crippen molar-refractivity contribution in [3.63, 3.8) is 0 Å². The van der Waals surface area contributed by atoms with Crippen molar-refractivity contribution in [1.29, 1.82) is 0 Å². The largest absolute Gasteiger partial charge is 0.330 e. The molecule has 0 radical (unpaired) electrons. The molecule has 0 aliphatic heterocycles. The van der Waals surface area contributed by atoms with E-state index in [1.807, 2.05) is 13.8 Å². The summed E-state index contributed by atoms with van der Waals surface area (Å²) in [6, 6.07) is 2.64. The van der Waals surface area contributed by atoms with Crippen LogP contribution in [0.1, 0.15) is 20.3 Å². The zero-order valence-corrected chi connectivity index (χ0v) is 11.8. The number of urea groups is 1. The van der Waals surface area contributed by atoms with Crippen LogP contribution in [-0.4, -0.2) is 30.6 Å². The van der Waals surface area contributed by atoms with E-state index < -0.39 is 17.7 Å². The van der Waals surface area contributed by atoms with Gasteiger partial charge in [0.15, 0.2) is 0 Å². The zero-order valence-electron chi connectivity index (χ0n) is 11.8. The molecule has 0 aliphatic rings. The summed E-state index contributed by atoms with van der Waals surface area (Å²) in [7, 11) is 0. The van der Waals surface area contributed by atoms with Gasteiger partial charge in [-0.15, -0.1) is 0 Å². The van der Waals surface area contributed by atoms with Crippen LogP contribution in [0.3, 0.4) is 0 Å². The summed E-state index contributed by atoms with van der Waals surface area (Å²) in [5.41, 5.74) is 5.41. The van der Waals surface area contributed by atoms with Crippen molar-refractivity contribution in [3.8, 4) is 0 Å². The normalized spacial score (nSPS) is 10.7. The molecule has 0 saturated carbocycles. The van der Waals surface area contributed by atoms with E-state index in [2.05, 4.69) is 5.32 Å². The van der Waals surface area contributed by atoms with Crippen LogP contribution < -0.4 is 11.1 Å². The first-order chi connectivity index (χ1) is 9.43. The minimum absolute atomic E-state index is 0.0297. The summed E-state index contributed by atoms with van der Waals surface area (Å²) < 4.78 is 26.3. The fraction of sp³-hybridized carbons (Fsp3) is 0.500. The molecule has 0 unspecified atom stereocenters. The number of nitrogens with zero attached hydrogens (tertiary/aromatic N) is 1. The van der Waals surface area contributed by atoms with Crippen LogP contribution in [0.2, 0.25) is 0 Å². The minimum Gasteiger partial charge on any atom is -0.330 e. The van der Waals surface area contributed by atoms with E-state index in [1.165, 1.54) is 6.07 Å². The van der Waals surface area contributed by atoms with Crippen molar-refractivity contribution < 1.29 is 13.6 Å². The molecule has 0 saturated heterocycles. The Morgan fingerprint density at radius 1 is 1.40 bits per heavy atom. The number of benzene rings is 1. The monoisotopic (exact) mass is 285 g/mol. The standard InChI is InChI=1S/C14H21F2N3O/c1-10(2)9-19(7-3-6-17)14(20)18-13-5-4-11(15)8-12(13)16/h4-5,8,10H,3,6-7,9,17H2,1-2H3,(H,18,20). The molecule has 0 aliphatic carbocycles. The van der Waals surface area contributed by atoms with Gasteiger partial charge < -0.3 is 16.0 Å². The number of carbonyl (C=O) groups excluding carboxylic acids is 1. The first kappa shape index (κ1) is 16.4. The van der Waals surface area contributed by atoms with Crippen molar-refractivity contribution in [3.05, 3.63) is 29.8 Å². The number of amides is 2. The molecule has 0 heterocycles. The SMILES string of the molecule is CC(C)CN(CCCN)C(=O)Nc1ccc(F)cc1F. The van der Waals surface area contributed by atoms with Crippen LogP contribution in [0.15, 0.2) is 18.2 Å². The number of hydrogen-bond acceptors (Lipinski definition) is 2. The molecule has 6 heteroatoms. The summed E-state index contributed by atoms with van der Waals surface area (Å²) in [6.45, 7) is 5.51. The maximum atomic E-state index is 13.5. The van der Waals surface area contributed by atoms with E-state index in [0.717, 1.165) is 12.1 Å². The van der Waals surface area contributed by atoms with Crippen molar-refractivity contribution >= 4 is 11.7 Å². The average molecular weight is 285 g/mol.